The normalized spacial score (nSPS) is 11.6. The third-order valence-electron chi connectivity index (χ3n) is 6.53. The molecule has 0 aliphatic carbocycles. The molecular weight excluding hydrogens is 392 g/mol. The molecule has 0 saturated carbocycles. The number of nitrogens with zero attached hydrogens (tertiary/aromatic N) is 1. The summed E-state index contributed by atoms with van der Waals surface area (Å²) in [5.74, 6) is 0.241. The summed E-state index contributed by atoms with van der Waals surface area (Å²) in [6.45, 7) is 10.8. The fraction of sp³-hybridized carbons (Fsp3) is 0.897. The van der Waals surface area contributed by atoms with Gasteiger partial charge < -0.3 is 10.2 Å². The van der Waals surface area contributed by atoms with Gasteiger partial charge in [0.05, 0.1) is 0 Å². The highest BCUT2D eigenvalue weighted by Crippen LogP contribution is 2.12. The van der Waals surface area contributed by atoms with Crippen molar-refractivity contribution in [3.63, 3.8) is 0 Å². The zero-order valence-electron chi connectivity index (χ0n) is 22.3. The van der Waals surface area contributed by atoms with Gasteiger partial charge in [0, 0.05) is 13.0 Å². The molecule has 3 heteroatoms. The third kappa shape index (κ3) is 23.8. The van der Waals surface area contributed by atoms with E-state index >= 15 is 0 Å². The van der Waals surface area contributed by atoms with Crippen LogP contribution in [0.5, 0.6) is 0 Å². The molecule has 32 heavy (non-hydrogen) atoms. The van der Waals surface area contributed by atoms with Gasteiger partial charge in [-0.3, -0.25) is 4.79 Å². The maximum atomic E-state index is 11.9. The van der Waals surface area contributed by atoms with Crippen molar-refractivity contribution in [2.45, 2.75) is 143 Å². The quantitative estimate of drug-likeness (QED) is 0.112. The lowest BCUT2D eigenvalue weighted by Gasteiger charge is -2.17. The number of amides is 1. The molecule has 0 bridgehead atoms. The molecule has 0 unspecified atom stereocenters. The van der Waals surface area contributed by atoms with E-state index < -0.39 is 0 Å². The number of carbonyl (C=O) groups is 1. The van der Waals surface area contributed by atoms with Gasteiger partial charge in [-0.1, -0.05) is 110 Å². The smallest absolute Gasteiger partial charge is 0.219 e. The fourth-order valence-electron chi connectivity index (χ4n) is 4.22. The zero-order valence-corrected chi connectivity index (χ0v) is 22.3. The van der Waals surface area contributed by atoms with Crippen LogP contribution in [0, 0.1) is 0 Å². The average Bonchev–Trinajstić information content (AvgIpc) is 2.80. The molecule has 0 fully saturated rings. The highest BCUT2D eigenvalue weighted by molar-refractivity contribution is 5.75. The van der Waals surface area contributed by atoms with Gasteiger partial charge in [-0.05, 0) is 58.2 Å². The minimum Gasteiger partial charge on any atom is -0.356 e. The Labute approximate surface area is 202 Å². The van der Waals surface area contributed by atoms with E-state index in [0.29, 0.717) is 6.42 Å². The highest BCUT2D eigenvalue weighted by atomic mass is 16.1. The van der Waals surface area contributed by atoms with Crippen LogP contribution < -0.4 is 5.32 Å². The molecule has 0 atom stereocenters. The topological polar surface area (TPSA) is 32.3 Å². The highest BCUT2D eigenvalue weighted by Gasteiger charge is 2.02. The lowest BCUT2D eigenvalue weighted by atomic mass is 10.1. The molecule has 0 aromatic carbocycles. The van der Waals surface area contributed by atoms with E-state index in [9.17, 15) is 4.79 Å². The fourth-order valence-corrected chi connectivity index (χ4v) is 4.22. The number of rotatable bonds is 25. The van der Waals surface area contributed by atoms with Gasteiger partial charge in [0.15, 0.2) is 0 Å². The Hall–Kier alpha value is -0.830. The van der Waals surface area contributed by atoms with Gasteiger partial charge in [-0.15, -0.1) is 0 Å². The van der Waals surface area contributed by atoms with E-state index in [4.69, 9.17) is 0 Å². The van der Waals surface area contributed by atoms with E-state index in [-0.39, 0.29) is 5.91 Å². The van der Waals surface area contributed by atoms with Crippen molar-refractivity contribution >= 4 is 5.91 Å². The van der Waals surface area contributed by atoms with E-state index in [1.807, 2.05) is 0 Å². The average molecular weight is 451 g/mol. The maximum absolute atomic E-state index is 11.9. The molecule has 0 aromatic rings. The van der Waals surface area contributed by atoms with Crippen LogP contribution in [0.3, 0.4) is 0 Å². The van der Waals surface area contributed by atoms with Gasteiger partial charge in [-0.25, -0.2) is 0 Å². The first-order chi connectivity index (χ1) is 15.7. The molecule has 0 radical (unpaired) electrons. The Bertz CT molecular complexity index is 404. The van der Waals surface area contributed by atoms with Crippen molar-refractivity contribution in [3.05, 3.63) is 12.2 Å². The summed E-state index contributed by atoms with van der Waals surface area (Å²) in [5.41, 5.74) is 0. The van der Waals surface area contributed by atoms with Crippen LogP contribution in [0.1, 0.15) is 143 Å². The van der Waals surface area contributed by atoms with Crippen LogP contribution in [-0.4, -0.2) is 37.0 Å². The number of allylic oxidation sites excluding steroid dienone is 2. The van der Waals surface area contributed by atoms with Crippen LogP contribution in [0.25, 0.3) is 0 Å². The molecule has 1 N–H and O–H groups in total. The second-order valence-corrected chi connectivity index (χ2v) is 9.48. The maximum Gasteiger partial charge on any atom is 0.219 e. The second-order valence-electron chi connectivity index (χ2n) is 9.48. The lowest BCUT2D eigenvalue weighted by molar-refractivity contribution is -0.121. The largest absolute Gasteiger partial charge is 0.356 e. The Morgan fingerprint density at radius 2 is 1.09 bits per heavy atom. The molecule has 0 rings (SSSR count). The number of carbonyl (C=O) groups excluding carboxylic acids is 1. The number of unbranched alkanes of at least 4 members (excludes halogenated alkanes) is 15. The number of hydrogen-bond donors (Lipinski definition) is 1. The van der Waals surface area contributed by atoms with Gasteiger partial charge in [0.2, 0.25) is 5.91 Å². The Kier molecular flexibility index (Phi) is 25.7. The zero-order chi connectivity index (χ0) is 23.5. The van der Waals surface area contributed by atoms with Gasteiger partial charge in [0.25, 0.3) is 0 Å². The van der Waals surface area contributed by atoms with Crippen LogP contribution in [0.2, 0.25) is 0 Å². The molecule has 0 heterocycles. The first-order valence-corrected chi connectivity index (χ1v) is 14.4. The SMILES string of the molecule is CCCCCCCCC=CCCCCCCCCCCCC(=O)NCCCN(CC)CC. The van der Waals surface area contributed by atoms with Gasteiger partial charge in [-0.2, -0.15) is 0 Å². The summed E-state index contributed by atoms with van der Waals surface area (Å²) < 4.78 is 0. The molecular formula is C29H58N2O. The molecule has 1 amide bonds. The standard InChI is InChI=1S/C29H58N2O/c1-4-7-8-9-10-11-12-13-14-15-16-17-18-19-20-21-22-23-24-26-29(32)30-27-25-28-31(5-2)6-3/h13-14H,4-12,15-28H2,1-3H3,(H,30,32). The summed E-state index contributed by atoms with van der Waals surface area (Å²) in [6.07, 6.45) is 29.3. The first-order valence-electron chi connectivity index (χ1n) is 14.4. The summed E-state index contributed by atoms with van der Waals surface area (Å²) in [5, 5.41) is 3.07. The molecule has 0 aliphatic rings. The molecule has 190 valence electrons. The predicted molar refractivity (Wildman–Crippen MR) is 143 cm³/mol. The minimum absolute atomic E-state index is 0.241. The third-order valence-corrected chi connectivity index (χ3v) is 6.53. The lowest BCUT2D eigenvalue weighted by Crippen LogP contribution is -2.29. The molecule has 0 aromatic heterocycles. The van der Waals surface area contributed by atoms with Crippen molar-refractivity contribution in [2.75, 3.05) is 26.2 Å². The van der Waals surface area contributed by atoms with Crippen LogP contribution in [-0.2, 0) is 4.79 Å². The van der Waals surface area contributed by atoms with Crippen molar-refractivity contribution < 1.29 is 4.79 Å². The monoisotopic (exact) mass is 450 g/mol. The second kappa shape index (κ2) is 26.4. The molecule has 0 saturated heterocycles. The van der Waals surface area contributed by atoms with Crippen molar-refractivity contribution in [2.24, 2.45) is 0 Å². The van der Waals surface area contributed by atoms with Gasteiger partial charge in [0.1, 0.15) is 0 Å². The van der Waals surface area contributed by atoms with Crippen LogP contribution >= 0.6 is 0 Å². The predicted octanol–water partition coefficient (Wildman–Crippen LogP) is 8.43. The summed E-state index contributed by atoms with van der Waals surface area (Å²) >= 11 is 0. The first kappa shape index (κ1) is 31.2. The van der Waals surface area contributed by atoms with E-state index in [2.05, 4.69) is 43.1 Å². The Balaban J connectivity index is 3.23. The number of nitrogens with one attached hydrogen (secondary N) is 1. The molecule has 0 aliphatic heterocycles. The van der Waals surface area contributed by atoms with Crippen LogP contribution in [0.4, 0.5) is 0 Å². The Morgan fingerprint density at radius 3 is 1.59 bits per heavy atom. The Morgan fingerprint density at radius 1 is 0.625 bits per heavy atom. The van der Waals surface area contributed by atoms with Crippen molar-refractivity contribution in [3.8, 4) is 0 Å². The van der Waals surface area contributed by atoms with E-state index in [1.165, 1.54) is 103 Å². The van der Waals surface area contributed by atoms with Crippen molar-refractivity contribution in [1.29, 1.82) is 0 Å². The summed E-state index contributed by atoms with van der Waals surface area (Å²) in [7, 11) is 0. The minimum atomic E-state index is 0.241. The van der Waals surface area contributed by atoms with E-state index in [1.54, 1.807) is 0 Å². The summed E-state index contributed by atoms with van der Waals surface area (Å²) in [6, 6.07) is 0. The van der Waals surface area contributed by atoms with E-state index in [0.717, 1.165) is 39.0 Å². The number of hydrogen-bond acceptors (Lipinski definition) is 2. The molecule has 3 nitrogen and oxygen atoms in total. The molecule has 0 spiro atoms. The van der Waals surface area contributed by atoms with Crippen molar-refractivity contribution in [1.82, 2.24) is 10.2 Å². The van der Waals surface area contributed by atoms with Crippen LogP contribution in [0.15, 0.2) is 12.2 Å². The van der Waals surface area contributed by atoms with Gasteiger partial charge >= 0.3 is 0 Å². The summed E-state index contributed by atoms with van der Waals surface area (Å²) in [4.78, 5) is 14.3.